The van der Waals surface area contributed by atoms with Crippen molar-refractivity contribution in [2.45, 2.75) is 39.0 Å². The first-order chi connectivity index (χ1) is 6.88. The molecule has 1 aliphatic rings. The van der Waals surface area contributed by atoms with Gasteiger partial charge in [-0.1, -0.05) is 19.3 Å². The first-order valence-corrected chi connectivity index (χ1v) is 5.75. The molecular formula is C12H22NO+. The molecule has 0 amide bonds. The second-order valence-electron chi connectivity index (χ2n) is 4.05. The Labute approximate surface area is 87.1 Å². The van der Waals surface area contributed by atoms with E-state index in [1.807, 2.05) is 13.1 Å². The van der Waals surface area contributed by atoms with Crippen LogP contribution in [0.25, 0.3) is 0 Å². The summed E-state index contributed by atoms with van der Waals surface area (Å²) in [7, 11) is 0. The van der Waals surface area contributed by atoms with Gasteiger partial charge < -0.3 is 4.74 Å². The van der Waals surface area contributed by atoms with Crippen LogP contribution in [0.3, 0.4) is 0 Å². The van der Waals surface area contributed by atoms with Crippen LogP contribution in [-0.4, -0.2) is 26.1 Å². The molecule has 1 rings (SSSR count). The molecule has 0 heterocycles. The van der Waals surface area contributed by atoms with E-state index in [9.17, 15) is 0 Å². The summed E-state index contributed by atoms with van der Waals surface area (Å²) in [6.07, 6.45) is 8.80. The Hall–Kier alpha value is -0.590. The molecule has 2 nitrogen and oxygen atoms in total. The van der Waals surface area contributed by atoms with Gasteiger partial charge in [-0.25, -0.2) is 0 Å². The molecule has 0 aliphatic heterocycles. The second kappa shape index (κ2) is 6.80. The molecule has 0 spiro atoms. The first kappa shape index (κ1) is 11.5. The Morgan fingerprint density at radius 1 is 1.43 bits per heavy atom. The van der Waals surface area contributed by atoms with Crippen molar-refractivity contribution in [2.75, 3.05) is 13.2 Å². The summed E-state index contributed by atoms with van der Waals surface area (Å²) in [5.41, 5.74) is 0. The molecule has 14 heavy (non-hydrogen) atoms. The predicted octanol–water partition coefficient (Wildman–Crippen LogP) is 2.06. The standard InChI is InChI=1S/C12H22NO/c1-3-14-10-12(9-13-2)11-7-5-4-6-8-11/h9,11-12H,2-8,10H2,1H3/q+1. The molecule has 0 N–H and O–H groups in total. The second-order valence-corrected chi connectivity index (χ2v) is 4.05. The maximum absolute atomic E-state index is 5.48. The van der Waals surface area contributed by atoms with E-state index in [1.54, 1.807) is 0 Å². The molecule has 0 bridgehead atoms. The van der Waals surface area contributed by atoms with Gasteiger partial charge in [-0.05, 0) is 25.7 Å². The lowest BCUT2D eigenvalue weighted by Gasteiger charge is -2.24. The summed E-state index contributed by atoms with van der Waals surface area (Å²) in [6.45, 7) is 7.20. The van der Waals surface area contributed by atoms with Crippen molar-refractivity contribution >= 4 is 12.9 Å². The van der Waals surface area contributed by atoms with Crippen LogP contribution in [0.5, 0.6) is 0 Å². The van der Waals surface area contributed by atoms with Crippen LogP contribution in [0, 0.1) is 11.8 Å². The fraction of sp³-hybridized carbons (Fsp3) is 0.833. The van der Waals surface area contributed by atoms with Gasteiger partial charge in [0.15, 0.2) is 0 Å². The Morgan fingerprint density at radius 3 is 2.71 bits per heavy atom. The smallest absolute Gasteiger partial charge is 0.273 e. The summed E-state index contributed by atoms with van der Waals surface area (Å²) in [5.74, 6) is 1.27. The SMILES string of the molecule is C=[N+]=CC(COCC)C1CCCCC1. The van der Waals surface area contributed by atoms with E-state index in [2.05, 4.69) is 11.4 Å². The molecular weight excluding hydrogens is 174 g/mol. The van der Waals surface area contributed by atoms with Crippen LogP contribution in [0.2, 0.25) is 0 Å². The third kappa shape index (κ3) is 3.65. The van der Waals surface area contributed by atoms with Crippen molar-refractivity contribution in [3.63, 3.8) is 0 Å². The average molecular weight is 196 g/mol. The topological polar surface area (TPSA) is 23.3 Å². The highest BCUT2D eigenvalue weighted by atomic mass is 16.5. The maximum atomic E-state index is 5.48. The van der Waals surface area contributed by atoms with Gasteiger partial charge in [-0.2, -0.15) is 0 Å². The molecule has 0 aromatic carbocycles. The van der Waals surface area contributed by atoms with Crippen molar-refractivity contribution in [1.29, 1.82) is 0 Å². The molecule has 1 atom stereocenters. The number of nitrogens with zero attached hydrogens (tertiary/aromatic N) is 1. The van der Waals surface area contributed by atoms with Crippen LogP contribution < -0.4 is 4.67 Å². The monoisotopic (exact) mass is 196 g/mol. The van der Waals surface area contributed by atoms with E-state index in [1.165, 1.54) is 32.1 Å². The van der Waals surface area contributed by atoms with Gasteiger partial charge in [0.2, 0.25) is 0 Å². The first-order valence-electron chi connectivity index (χ1n) is 5.75. The van der Waals surface area contributed by atoms with Crippen molar-refractivity contribution in [3.05, 3.63) is 0 Å². The van der Waals surface area contributed by atoms with Crippen LogP contribution in [0.1, 0.15) is 39.0 Å². The minimum Gasteiger partial charge on any atom is -0.381 e. The van der Waals surface area contributed by atoms with Crippen molar-refractivity contribution < 1.29 is 4.74 Å². The number of rotatable bonds is 5. The fourth-order valence-corrected chi connectivity index (χ4v) is 2.25. The van der Waals surface area contributed by atoms with E-state index in [0.717, 1.165) is 19.1 Å². The quantitative estimate of drug-likeness (QED) is 0.487. The highest BCUT2D eigenvalue weighted by Gasteiger charge is 2.25. The molecule has 1 unspecified atom stereocenters. The molecule has 0 radical (unpaired) electrons. The Morgan fingerprint density at radius 2 is 2.14 bits per heavy atom. The fourth-order valence-electron chi connectivity index (χ4n) is 2.25. The largest absolute Gasteiger partial charge is 0.381 e. The molecule has 1 saturated carbocycles. The molecule has 0 aromatic rings. The predicted molar refractivity (Wildman–Crippen MR) is 61.9 cm³/mol. The zero-order valence-corrected chi connectivity index (χ0v) is 9.24. The minimum atomic E-state index is 0.493. The molecule has 1 fully saturated rings. The molecule has 80 valence electrons. The summed E-state index contributed by atoms with van der Waals surface area (Å²) in [4.78, 5) is 0. The zero-order chi connectivity index (χ0) is 10.2. The Bertz CT molecular complexity index is 190. The number of ether oxygens (including phenoxy) is 1. The summed E-state index contributed by atoms with van der Waals surface area (Å²) in [6, 6.07) is 0. The minimum absolute atomic E-state index is 0.493. The lowest BCUT2D eigenvalue weighted by atomic mass is 9.81. The van der Waals surface area contributed by atoms with Gasteiger partial charge >= 0.3 is 0 Å². The van der Waals surface area contributed by atoms with Gasteiger partial charge in [-0.15, -0.1) is 4.67 Å². The van der Waals surface area contributed by atoms with Crippen molar-refractivity contribution in [2.24, 2.45) is 11.8 Å². The highest BCUT2D eigenvalue weighted by Crippen LogP contribution is 2.29. The van der Waals surface area contributed by atoms with Gasteiger partial charge in [0.05, 0.1) is 12.5 Å². The zero-order valence-electron chi connectivity index (χ0n) is 9.24. The molecule has 2 heteroatoms. The van der Waals surface area contributed by atoms with Crippen LogP contribution in [0.15, 0.2) is 0 Å². The van der Waals surface area contributed by atoms with E-state index >= 15 is 0 Å². The maximum Gasteiger partial charge on any atom is 0.273 e. The number of hydrogen-bond acceptors (Lipinski definition) is 1. The number of hydrogen-bond donors (Lipinski definition) is 0. The van der Waals surface area contributed by atoms with Gasteiger partial charge in [0, 0.05) is 6.61 Å². The Kier molecular flexibility index (Phi) is 5.58. The molecule has 1 aliphatic carbocycles. The van der Waals surface area contributed by atoms with Crippen LogP contribution >= 0.6 is 0 Å². The molecule has 0 aromatic heterocycles. The normalized spacial score (nSPS) is 20.1. The van der Waals surface area contributed by atoms with E-state index in [0.29, 0.717) is 5.92 Å². The average Bonchev–Trinajstić information content (AvgIpc) is 2.25. The summed E-state index contributed by atoms with van der Waals surface area (Å²) >= 11 is 0. The Balaban J connectivity index is 2.42. The third-order valence-corrected chi connectivity index (χ3v) is 3.07. The third-order valence-electron chi connectivity index (χ3n) is 3.07. The van der Waals surface area contributed by atoms with Crippen molar-refractivity contribution in [1.82, 2.24) is 4.67 Å². The lowest BCUT2D eigenvalue weighted by Crippen LogP contribution is -2.24. The van der Waals surface area contributed by atoms with E-state index < -0.39 is 0 Å². The summed E-state index contributed by atoms with van der Waals surface area (Å²) < 4.78 is 9.39. The molecule has 0 saturated heterocycles. The van der Waals surface area contributed by atoms with Crippen LogP contribution in [-0.2, 0) is 4.74 Å². The van der Waals surface area contributed by atoms with Gasteiger partial charge in [-0.3, -0.25) is 0 Å². The highest BCUT2D eigenvalue weighted by molar-refractivity contribution is 5.62. The van der Waals surface area contributed by atoms with E-state index in [-0.39, 0.29) is 0 Å². The summed E-state index contributed by atoms with van der Waals surface area (Å²) in [5, 5.41) is 0. The lowest BCUT2D eigenvalue weighted by molar-refractivity contribution is 0.103. The van der Waals surface area contributed by atoms with E-state index in [4.69, 9.17) is 4.74 Å². The van der Waals surface area contributed by atoms with Crippen molar-refractivity contribution in [3.8, 4) is 0 Å². The van der Waals surface area contributed by atoms with Gasteiger partial charge in [0.1, 0.15) is 0 Å². The van der Waals surface area contributed by atoms with Crippen LogP contribution in [0.4, 0.5) is 0 Å². The van der Waals surface area contributed by atoms with Gasteiger partial charge in [0.25, 0.3) is 12.9 Å².